The van der Waals surface area contributed by atoms with Gasteiger partial charge in [0.25, 0.3) is 0 Å². The van der Waals surface area contributed by atoms with E-state index in [2.05, 4.69) is 35.3 Å². The molecule has 1 saturated heterocycles. The Labute approximate surface area is 128 Å². The van der Waals surface area contributed by atoms with Crippen molar-refractivity contribution in [2.45, 2.75) is 50.6 Å². The Morgan fingerprint density at radius 1 is 1.33 bits per heavy atom. The molecule has 0 radical (unpaired) electrons. The molecule has 2 fully saturated rings. The van der Waals surface area contributed by atoms with Crippen molar-refractivity contribution in [2.24, 2.45) is 0 Å². The zero-order valence-corrected chi connectivity index (χ0v) is 13.3. The summed E-state index contributed by atoms with van der Waals surface area (Å²) in [4.78, 5) is 2.62. The SMILES string of the molecule is CCN1CCCC1CNC1CC(c2cccc(OC)c2)C1. The van der Waals surface area contributed by atoms with E-state index in [0.29, 0.717) is 12.0 Å². The second-order valence-corrected chi connectivity index (χ2v) is 6.47. The van der Waals surface area contributed by atoms with E-state index in [1.807, 2.05) is 6.07 Å². The molecule has 1 aromatic rings. The van der Waals surface area contributed by atoms with Gasteiger partial charge in [0.15, 0.2) is 0 Å². The first-order valence-electron chi connectivity index (χ1n) is 8.41. The Morgan fingerprint density at radius 3 is 2.95 bits per heavy atom. The molecule has 3 nitrogen and oxygen atoms in total. The van der Waals surface area contributed by atoms with E-state index in [-0.39, 0.29) is 0 Å². The second-order valence-electron chi connectivity index (χ2n) is 6.47. The molecule has 0 amide bonds. The van der Waals surface area contributed by atoms with Crippen LogP contribution in [0.5, 0.6) is 5.75 Å². The first-order valence-corrected chi connectivity index (χ1v) is 8.41. The van der Waals surface area contributed by atoms with Gasteiger partial charge in [-0.15, -0.1) is 0 Å². The number of rotatable bonds is 6. The summed E-state index contributed by atoms with van der Waals surface area (Å²) in [5.74, 6) is 1.69. The lowest BCUT2D eigenvalue weighted by molar-refractivity contribution is 0.225. The van der Waals surface area contributed by atoms with Crippen LogP contribution in [0.25, 0.3) is 0 Å². The summed E-state index contributed by atoms with van der Waals surface area (Å²) < 4.78 is 5.32. The van der Waals surface area contributed by atoms with Gasteiger partial charge in [-0.2, -0.15) is 0 Å². The highest BCUT2D eigenvalue weighted by Crippen LogP contribution is 2.38. The number of ether oxygens (including phenoxy) is 1. The maximum absolute atomic E-state index is 5.32. The molecule has 21 heavy (non-hydrogen) atoms. The average molecular weight is 288 g/mol. The van der Waals surface area contributed by atoms with E-state index in [9.17, 15) is 0 Å². The number of hydrogen-bond donors (Lipinski definition) is 1. The van der Waals surface area contributed by atoms with E-state index < -0.39 is 0 Å². The van der Waals surface area contributed by atoms with Crippen LogP contribution in [-0.2, 0) is 0 Å². The lowest BCUT2D eigenvalue weighted by atomic mass is 9.76. The molecular weight excluding hydrogens is 260 g/mol. The smallest absolute Gasteiger partial charge is 0.119 e. The van der Waals surface area contributed by atoms with Gasteiger partial charge in [0, 0.05) is 18.6 Å². The summed E-state index contributed by atoms with van der Waals surface area (Å²) in [5.41, 5.74) is 1.43. The minimum Gasteiger partial charge on any atom is -0.497 e. The zero-order valence-electron chi connectivity index (χ0n) is 13.3. The molecule has 0 aromatic heterocycles. The molecule has 0 bridgehead atoms. The fraction of sp³-hybridized carbons (Fsp3) is 0.667. The summed E-state index contributed by atoms with van der Waals surface area (Å²) in [5, 5.41) is 3.78. The standard InChI is InChI=1S/C18H28N2O/c1-3-20-9-5-7-17(20)13-19-16-10-15(11-16)14-6-4-8-18(12-14)21-2/h4,6,8,12,15-17,19H,3,5,7,9-11,13H2,1-2H3. The van der Waals surface area contributed by atoms with Gasteiger partial charge in [-0.25, -0.2) is 0 Å². The molecule has 3 rings (SSSR count). The van der Waals surface area contributed by atoms with Gasteiger partial charge >= 0.3 is 0 Å². The van der Waals surface area contributed by atoms with E-state index in [4.69, 9.17) is 4.74 Å². The van der Waals surface area contributed by atoms with Crippen molar-refractivity contribution >= 4 is 0 Å². The van der Waals surface area contributed by atoms with Gasteiger partial charge in [0.2, 0.25) is 0 Å². The van der Waals surface area contributed by atoms with Crippen LogP contribution >= 0.6 is 0 Å². The highest BCUT2D eigenvalue weighted by molar-refractivity contribution is 5.32. The summed E-state index contributed by atoms with van der Waals surface area (Å²) in [6.45, 7) is 5.94. The number of nitrogens with one attached hydrogen (secondary N) is 1. The molecule has 1 atom stereocenters. The predicted molar refractivity (Wildman–Crippen MR) is 87.0 cm³/mol. The van der Waals surface area contributed by atoms with E-state index >= 15 is 0 Å². The summed E-state index contributed by atoms with van der Waals surface area (Å²) >= 11 is 0. The Bertz CT molecular complexity index is 456. The maximum atomic E-state index is 5.32. The average Bonchev–Trinajstić information content (AvgIpc) is 2.93. The zero-order chi connectivity index (χ0) is 14.7. The van der Waals surface area contributed by atoms with E-state index in [1.54, 1.807) is 7.11 Å². The Hall–Kier alpha value is -1.06. The van der Waals surface area contributed by atoms with Crippen LogP contribution < -0.4 is 10.1 Å². The monoisotopic (exact) mass is 288 g/mol. The quantitative estimate of drug-likeness (QED) is 0.871. The lowest BCUT2D eigenvalue weighted by Crippen LogP contribution is -2.46. The first-order chi connectivity index (χ1) is 10.3. The van der Waals surface area contributed by atoms with Crippen LogP contribution in [0.3, 0.4) is 0 Å². The molecular formula is C18H28N2O. The Balaban J connectivity index is 1.43. The fourth-order valence-corrected chi connectivity index (χ4v) is 3.80. The Morgan fingerprint density at radius 2 is 2.19 bits per heavy atom. The van der Waals surface area contributed by atoms with Crippen LogP contribution in [0.1, 0.15) is 44.1 Å². The lowest BCUT2D eigenvalue weighted by Gasteiger charge is -2.38. The van der Waals surface area contributed by atoms with E-state index in [1.165, 1.54) is 50.9 Å². The second kappa shape index (κ2) is 6.80. The van der Waals surface area contributed by atoms with Crippen LogP contribution in [-0.4, -0.2) is 43.7 Å². The molecule has 1 aromatic carbocycles. The normalized spacial score (nSPS) is 29.3. The fourth-order valence-electron chi connectivity index (χ4n) is 3.80. The number of methoxy groups -OCH3 is 1. The maximum Gasteiger partial charge on any atom is 0.119 e. The highest BCUT2D eigenvalue weighted by Gasteiger charge is 2.31. The summed E-state index contributed by atoms with van der Waals surface area (Å²) in [6, 6.07) is 10.0. The summed E-state index contributed by atoms with van der Waals surface area (Å²) in [6.07, 6.45) is 5.28. The van der Waals surface area contributed by atoms with Crippen LogP contribution in [0.2, 0.25) is 0 Å². The number of benzene rings is 1. The number of nitrogens with zero attached hydrogens (tertiary/aromatic N) is 1. The molecule has 116 valence electrons. The first kappa shape index (κ1) is 14.9. The van der Waals surface area contributed by atoms with Crippen LogP contribution in [0, 0.1) is 0 Å². The van der Waals surface area contributed by atoms with Crippen molar-refractivity contribution in [3.8, 4) is 5.75 Å². The van der Waals surface area contributed by atoms with Gasteiger partial charge < -0.3 is 10.1 Å². The van der Waals surface area contributed by atoms with Gasteiger partial charge in [-0.05, 0) is 62.4 Å². The van der Waals surface area contributed by atoms with Gasteiger partial charge in [-0.1, -0.05) is 19.1 Å². The predicted octanol–water partition coefficient (Wildman–Crippen LogP) is 3.02. The molecule has 1 unspecified atom stereocenters. The summed E-state index contributed by atoms with van der Waals surface area (Å²) in [7, 11) is 1.74. The third kappa shape index (κ3) is 3.41. The number of likely N-dealkylation sites (N-methyl/N-ethyl adjacent to an activating group) is 1. The van der Waals surface area contributed by atoms with Crippen molar-refractivity contribution in [1.82, 2.24) is 10.2 Å². The van der Waals surface area contributed by atoms with Crippen LogP contribution in [0.4, 0.5) is 0 Å². The number of likely N-dealkylation sites (tertiary alicyclic amines) is 1. The Kier molecular flexibility index (Phi) is 4.81. The molecule has 1 aliphatic carbocycles. The largest absolute Gasteiger partial charge is 0.497 e. The molecule has 3 heteroatoms. The molecule has 1 N–H and O–H groups in total. The molecule has 0 spiro atoms. The van der Waals surface area contributed by atoms with Crippen molar-refractivity contribution in [1.29, 1.82) is 0 Å². The van der Waals surface area contributed by atoms with Crippen molar-refractivity contribution in [3.05, 3.63) is 29.8 Å². The van der Waals surface area contributed by atoms with Crippen molar-refractivity contribution in [3.63, 3.8) is 0 Å². The number of hydrogen-bond acceptors (Lipinski definition) is 3. The van der Waals surface area contributed by atoms with Crippen molar-refractivity contribution in [2.75, 3.05) is 26.7 Å². The third-order valence-corrected chi connectivity index (χ3v) is 5.25. The minimum absolute atomic E-state index is 0.709. The minimum atomic E-state index is 0.709. The molecule has 1 heterocycles. The topological polar surface area (TPSA) is 24.5 Å². The van der Waals surface area contributed by atoms with Crippen LogP contribution in [0.15, 0.2) is 24.3 Å². The molecule has 1 saturated carbocycles. The van der Waals surface area contributed by atoms with Gasteiger partial charge in [-0.3, -0.25) is 4.90 Å². The molecule has 2 aliphatic rings. The van der Waals surface area contributed by atoms with E-state index in [0.717, 1.165) is 11.8 Å². The van der Waals surface area contributed by atoms with Crippen molar-refractivity contribution < 1.29 is 4.74 Å². The third-order valence-electron chi connectivity index (χ3n) is 5.25. The molecule has 1 aliphatic heterocycles. The highest BCUT2D eigenvalue weighted by atomic mass is 16.5. The van der Waals surface area contributed by atoms with Gasteiger partial charge in [0.1, 0.15) is 5.75 Å². The van der Waals surface area contributed by atoms with Gasteiger partial charge in [0.05, 0.1) is 7.11 Å².